The second kappa shape index (κ2) is 9.62. The summed E-state index contributed by atoms with van der Waals surface area (Å²) < 4.78 is 2.13. The van der Waals surface area contributed by atoms with Crippen LogP contribution in [-0.4, -0.2) is 11.9 Å². The van der Waals surface area contributed by atoms with Crippen LogP contribution in [0.25, 0.3) is 21.9 Å². The molecule has 196 valence electrons. The second-order valence-corrected chi connectivity index (χ2v) is 13.3. The number of anilines is 3. The third-order valence-corrected chi connectivity index (χ3v) is 9.66. The monoisotopic (exact) mass is 638 g/mol. The molecule has 0 fully saturated rings. The van der Waals surface area contributed by atoms with Gasteiger partial charge in [-0.15, -0.1) is 0 Å². The lowest BCUT2D eigenvalue weighted by atomic mass is 9.87. The van der Waals surface area contributed by atoms with E-state index >= 15 is 0 Å². The molecule has 5 aromatic rings. The van der Waals surface area contributed by atoms with Crippen molar-refractivity contribution in [1.29, 1.82) is 0 Å². The van der Waals surface area contributed by atoms with E-state index in [1.165, 1.54) is 33.0 Å². The number of hydrogen-bond donors (Lipinski definition) is 0. The smallest absolute Gasteiger partial charge is 0.0474 e. The minimum atomic E-state index is -0.0524. The summed E-state index contributed by atoms with van der Waals surface area (Å²) in [6.45, 7) is 9.32. The molecule has 2 nitrogen and oxygen atoms in total. The molecule has 0 saturated carbocycles. The summed E-state index contributed by atoms with van der Waals surface area (Å²) in [7, 11) is 2.24. The molecule has 0 N–H and O–H groups in total. The van der Waals surface area contributed by atoms with Crippen molar-refractivity contribution in [3.05, 3.63) is 123 Å². The Hall–Kier alpha value is -2.92. The van der Waals surface area contributed by atoms with Gasteiger partial charge in [0.15, 0.2) is 0 Å². The largest absolute Gasteiger partial charge is 0.310 e. The van der Waals surface area contributed by atoms with Gasteiger partial charge in [0, 0.05) is 37.1 Å². The minimum Gasteiger partial charge on any atom is -0.310 e. The zero-order valence-electron chi connectivity index (χ0n) is 23.0. The van der Waals surface area contributed by atoms with E-state index in [2.05, 4.69) is 180 Å². The molecule has 0 amide bonds. The second-order valence-electron chi connectivity index (χ2n) is 11.4. The molecule has 0 aromatic heterocycles. The molecule has 0 atom stereocenters. The highest BCUT2D eigenvalue weighted by Gasteiger charge is 2.46. The lowest BCUT2D eigenvalue weighted by Gasteiger charge is -2.37. The summed E-state index contributed by atoms with van der Waals surface area (Å²) in [5, 5.41) is 2.48. The third-order valence-electron chi connectivity index (χ3n) is 8.60. The first-order valence-corrected chi connectivity index (χ1v) is 14.9. The van der Waals surface area contributed by atoms with Gasteiger partial charge in [-0.2, -0.15) is 0 Å². The highest BCUT2D eigenvalue weighted by Crippen LogP contribution is 2.50. The van der Waals surface area contributed by atoms with E-state index in [9.17, 15) is 0 Å². The van der Waals surface area contributed by atoms with Crippen molar-refractivity contribution in [2.24, 2.45) is 0 Å². The molecule has 1 aliphatic heterocycles. The standard InChI is InChI=1S/C35H32Br2N2/c1-34(2)32-19-10-24(21-33(32)35(3,4)38(34)5)31-22-29(20-23-8-6-7-9-30(23)31)39(27-15-11-25(36)12-16-27)28-17-13-26(37)14-18-28/h6-22H,1-5H3. The Kier molecular flexibility index (Phi) is 6.49. The van der Waals surface area contributed by atoms with E-state index in [0.29, 0.717) is 0 Å². The number of hydrogen-bond acceptors (Lipinski definition) is 2. The normalized spacial score (nSPS) is 15.9. The zero-order chi connectivity index (χ0) is 27.5. The predicted octanol–water partition coefficient (Wildman–Crippen LogP) is 10.9. The van der Waals surface area contributed by atoms with Crippen LogP contribution < -0.4 is 4.90 Å². The summed E-state index contributed by atoms with van der Waals surface area (Å²) in [4.78, 5) is 4.83. The maximum atomic E-state index is 3.61. The highest BCUT2D eigenvalue weighted by atomic mass is 79.9. The molecule has 0 unspecified atom stereocenters. The molecule has 39 heavy (non-hydrogen) atoms. The van der Waals surface area contributed by atoms with E-state index in [1.807, 2.05) is 0 Å². The first-order valence-electron chi connectivity index (χ1n) is 13.3. The quantitative estimate of drug-likeness (QED) is 0.193. The number of fused-ring (bicyclic) bond motifs is 2. The van der Waals surface area contributed by atoms with Gasteiger partial charge in [-0.25, -0.2) is 0 Å². The van der Waals surface area contributed by atoms with Gasteiger partial charge < -0.3 is 4.90 Å². The Balaban J connectivity index is 1.59. The topological polar surface area (TPSA) is 6.48 Å². The van der Waals surface area contributed by atoms with Gasteiger partial charge in [0.05, 0.1) is 0 Å². The Bertz CT molecular complexity index is 1640. The van der Waals surface area contributed by atoms with Gasteiger partial charge in [-0.05, 0) is 134 Å². The molecule has 0 bridgehead atoms. The van der Waals surface area contributed by atoms with Crippen LogP contribution in [-0.2, 0) is 11.1 Å². The van der Waals surface area contributed by atoms with Crippen LogP contribution in [0.2, 0.25) is 0 Å². The maximum absolute atomic E-state index is 3.61. The van der Waals surface area contributed by atoms with Crippen LogP contribution >= 0.6 is 31.9 Å². The molecule has 0 aliphatic carbocycles. The summed E-state index contributed by atoms with van der Waals surface area (Å²) in [6.07, 6.45) is 0. The fourth-order valence-electron chi connectivity index (χ4n) is 6.10. The lowest BCUT2D eigenvalue weighted by molar-refractivity contribution is 0.0730. The van der Waals surface area contributed by atoms with Crippen molar-refractivity contribution in [2.75, 3.05) is 11.9 Å². The zero-order valence-corrected chi connectivity index (χ0v) is 26.1. The van der Waals surface area contributed by atoms with Crippen LogP contribution in [0.1, 0.15) is 38.8 Å². The van der Waals surface area contributed by atoms with Gasteiger partial charge in [0.1, 0.15) is 0 Å². The molecule has 0 spiro atoms. The van der Waals surface area contributed by atoms with Crippen molar-refractivity contribution < 1.29 is 0 Å². The number of halogens is 2. The highest BCUT2D eigenvalue weighted by molar-refractivity contribution is 9.10. The van der Waals surface area contributed by atoms with Gasteiger partial charge in [-0.1, -0.05) is 68.3 Å². The Labute approximate surface area is 248 Å². The van der Waals surface area contributed by atoms with Crippen LogP contribution in [0.4, 0.5) is 17.1 Å². The summed E-state index contributed by atoms with van der Waals surface area (Å²) in [6, 6.07) is 37.5. The SMILES string of the molecule is CN1C(C)(C)c2ccc(-c3cc(N(c4ccc(Br)cc4)c4ccc(Br)cc4)cc4ccccc34)cc2C1(C)C. The van der Waals surface area contributed by atoms with Gasteiger partial charge >= 0.3 is 0 Å². The average molecular weight is 640 g/mol. The summed E-state index contributed by atoms with van der Waals surface area (Å²) >= 11 is 7.22. The van der Waals surface area contributed by atoms with Crippen molar-refractivity contribution in [3.8, 4) is 11.1 Å². The fraction of sp³-hybridized carbons (Fsp3) is 0.200. The summed E-state index contributed by atoms with van der Waals surface area (Å²) in [5.41, 5.74) is 8.59. The van der Waals surface area contributed by atoms with E-state index in [1.54, 1.807) is 0 Å². The molecule has 0 radical (unpaired) electrons. The first-order chi connectivity index (χ1) is 18.6. The van der Waals surface area contributed by atoms with Gasteiger partial charge in [-0.3, -0.25) is 4.90 Å². The van der Waals surface area contributed by atoms with Crippen LogP contribution in [0.15, 0.2) is 112 Å². The Morgan fingerprint density at radius 2 is 1.15 bits per heavy atom. The molecule has 6 rings (SSSR count). The molecule has 1 aliphatic rings. The van der Waals surface area contributed by atoms with Crippen LogP contribution in [0, 0.1) is 0 Å². The first kappa shape index (κ1) is 26.3. The van der Waals surface area contributed by atoms with Crippen molar-refractivity contribution in [3.63, 3.8) is 0 Å². The maximum Gasteiger partial charge on any atom is 0.0474 e. The molecule has 4 heteroatoms. The van der Waals surface area contributed by atoms with Gasteiger partial charge in [0.25, 0.3) is 0 Å². The fourth-order valence-corrected chi connectivity index (χ4v) is 6.63. The number of benzene rings is 5. The Morgan fingerprint density at radius 1 is 0.590 bits per heavy atom. The Morgan fingerprint density at radius 3 is 1.77 bits per heavy atom. The summed E-state index contributed by atoms with van der Waals surface area (Å²) in [5.74, 6) is 0. The van der Waals surface area contributed by atoms with Crippen molar-refractivity contribution >= 4 is 59.7 Å². The minimum absolute atomic E-state index is 0.0127. The lowest BCUT2D eigenvalue weighted by Crippen LogP contribution is -2.42. The van der Waals surface area contributed by atoms with Gasteiger partial charge in [0.2, 0.25) is 0 Å². The molecule has 0 saturated heterocycles. The van der Waals surface area contributed by atoms with Crippen molar-refractivity contribution in [1.82, 2.24) is 4.90 Å². The van der Waals surface area contributed by atoms with Crippen molar-refractivity contribution in [2.45, 2.75) is 38.8 Å². The molecule has 5 aromatic carbocycles. The van der Waals surface area contributed by atoms with E-state index in [4.69, 9.17) is 0 Å². The van der Waals surface area contributed by atoms with Crippen LogP contribution in [0.5, 0.6) is 0 Å². The average Bonchev–Trinajstić information content (AvgIpc) is 3.07. The predicted molar refractivity (Wildman–Crippen MR) is 173 cm³/mol. The number of rotatable bonds is 4. The molecular formula is C35H32Br2N2. The molecular weight excluding hydrogens is 608 g/mol. The van der Waals surface area contributed by atoms with E-state index < -0.39 is 0 Å². The third kappa shape index (κ3) is 4.43. The molecule has 1 heterocycles. The van der Waals surface area contributed by atoms with E-state index in [-0.39, 0.29) is 11.1 Å². The van der Waals surface area contributed by atoms with Crippen LogP contribution in [0.3, 0.4) is 0 Å². The number of nitrogens with zero attached hydrogens (tertiary/aromatic N) is 2. The van der Waals surface area contributed by atoms with E-state index in [0.717, 1.165) is 26.0 Å².